The molecule has 26 heteroatoms. The molecule has 66 heavy (non-hydrogen) atoms. The van der Waals surface area contributed by atoms with Crippen molar-refractivity contribution in [2.24, 2.45) is 11.8 Å². The number of aromatic nitrogens is 5. The Balaban J connectivity index is 1.51. The van der Waals surface area contributed by atoms with E-state index in [0.29, 0.717) is 12.3 Å². The van der Waals surface area contributed by atoms with Crippen molar-refractivity contribution >= 4 is 77.6 Å². The highest BCUT2D eigenvalue weighted by Crippen LogP contribution is 2.60. The fourth-order valence-electron chi connectivity index (χ4n) is 8.42. The molecule has 3 aromatic heterocycles. The smallest absolute Gasteiger partial charge is 0.386 e. The lowest BCUT2D eigenvalue weighted by atomic mass is 10.1. The summed E-state index contributed by atoms with van der Waals surface area (Å²) in [6, 6.07) is 5.24. The molecule has 0 spiro atoms. The van der Waals surface area contributed by atoms with Crippen molar-refractivity contribution in [1.29, 1.82) is 5.26 Å². The van der Waals surface area contributed by atoms with E-state index in [0.717, 1.165) is 0 Å². The SMILES string of the molecule is CC(C)C(=O)Nc1nc2c(ccn2[C@@H]2O[C@@H]3CO[P@@](=O)(S)O[C@H]4C[C@H](Oc5ccncn5)C[C@@H]4CO[P@@](=S)(OCCC#N)O[C@@H]2[C@@H]3O[Si](O[Si](O)(C(C)C)C(C)C)(C(C)C)C(C)C)c(=O)[nH]1. The summed E-state index contributed by atoms with van der Waals surface area (Å²) in [5.74, 6) is -1.05. The van der Waals surface area contributed by atoms with Crippen LogP contribution in [0.1, 0.15) is 94.7 Å². The largest absolute Gasteiger partial charge is 0.474 e. The molecule has 0 aromatic carbocycles. The molecular formula is C40H63N7O13P2S2Si2. The van der Waals surface area contributed by atoms with Gasteiger partial charge < -0.3 is 36.4 Å². The number of fused-ring (bicyclic) bond motifs is 4. The average Bonchev–Trinajstić information content (AvgIpc) is 3.93. The molecule has 2 bridgehead atoms. The number of ether oxygens (including phenoxy) is 2. The summed E-state index contributed by atoms with van der Waals surface area (Å²) in [5.41, 5.74) is -1.41. The van der Waals surface area contributed by atoms with Gasteiger partial charge in [0.2, 0.25) is 17.7 Å². The third-order valence-electron chi connectivity index (χ3n) is 12.1. The zero-order valence-electron chi connectivity index (χ0n) is 38.9. The Bertz CT molecular complexity index is 2340. The number of hydrogen-bond acceptors (Lipinski definition) is 18. The second-order valence-electron chi connectivity index (χ2n) is 18.3. The number of rotatable bonds is 16. The van der Waals surface area contributed by atoms with Gasteiger partial charge in [0.15, 0.2) is 11.9 Å². The van der Waals surface area contributed by atoms with E-state index in [1.54, 1.807) is 42.9 Å². The molecule has 3 fully saturated rings. The Hall–Kier alpha value is -2.44. The van der Waals surface area contributed by atoms with Gasteiger partial charge in [-0.2, -0.15) is 10.2 Å². The van der Waals surface area contributed by atoms with Crippen LogP contribution in [0.25, 0.3) is 11.0 Å². The van der Waals surface area contributed by atoms with Crippen molar-refractivity contribution in [2.45, 2.75) is 147 Å². The second kappa shape index (κ2) is 21.7. The average molecular weight is 1030 g/mol. The first-order valence-electron chi connectivity index (χ1n) is 22.2. The molecule has 9 atom stereocenters. The predicted octanol–water partition coefficient (Wildman–Crippen LogP) is 7.79. The van der Waals surface area contributed by atoms with Gasteiger partial charge in [0.25, 0.3) is 5.56 Å². The molecule has 0 unspecified atom stereocenters. The first-order valence-corrected chi connectivity index (χ1v) is 31.4. The van der Waals surface area contributed by atoms with Gasteiger partial charge in [0, 0.05) is 36.7 Å². The quantitative estimate of drug-likeness (QED) is 0.0462. The van der Waals surface area contributed by atoms with E-state index in [1.165, 1.54) is 6.33 Å². The minimum Gasteiger partial charge on any atom is -0.474 e. The molecule has 0 radical (unpaired) electrons. The van der Waals surface area contributed by atoms with Crippen molar-refractivity contribution < 1.29 is 54.8 Å². The van der Waals surface area contributed by atoms with Gasteiger partial charge in [0.1, 0.15) is 30.7 Å². The van der Waals surface area contributed by atoms with Crippen LogP contribution in [0.4, 0.5) is 5.95 Å². The fraction of sp³-hybridized carbons (Fsp3) is 0.700. The molecule has 6 rings (SSSR count). The Morgan fingerprint density at radius 2 is 1.77 bits per heavy atom. The maximum absolute atomic E-state index is 14.4. The Morgan fingerprint density at radius 3 is 2.39 bits per heavy atom. The number of hydrogen-bond donors (Lipinski definition) is 4. The highest BCUT2D eigenvalue weighted by molar-refractivity contribution is 8.44. The van der Waals surface area contributed by atoms with Crippen LogP contribution in [-0.4, -0.2) is 103 Å². The third kappa shape index (κ3) is 11.9. The van der Waals surface area contributed by atoms with Crippen LogP contribution in [0, 0.1) is 23.2 Å². The molecule has 1 amide bonds. The summed E-state index contributed by atoms with van der Waals surface area (Å²) in [4.78, 5) is 54.2. The monoisotopic (exact) mass is 1030 g/mol. The number of thiol groups is 1. The van der Waals surface area contributed by atoms with E-state index in [4.69, 9.17) is 52.4 Å². The number of anilines is 1. The van der Waals surface area contributed by atoms with Crippen molar-refractivity contribution in [3.63, 3.8) is 0 Å². The second-order valence-corrected chi connectivity index (χ2v) is 32.8. The third-order valence-corrected chi connectivity index (χ3v) is 25.8. The molecular weight excluding hydrogens is 969 g/mol. The summed E-state index contributed by atoms with van der Waals surface area (Å²) in [7, 11) is -7.19. The number of amides is 1. The van der Waals surface area contributed by atoms with Crippen LogP contribution in [0.5, 0.6) is 5.88 Å². The fourth-order valence-corrected chi connectivity index (χ4v) is 22.0. The Labute approximate surface area is 397 Å². The van der Waals surface area contributed by atoms with Crippen LogP contribution in [0.3, 0.4) is 0 Å². The number of nitrogens with zero attached hydrogens (tertiary/aromatic N) is 5. The van der Waals surface area contributed by atoms with Gasteiger partial charge in [-0.25, -0.2) is 14.5 Å². The summed E-state index contributed by atoms with van der Waals surface area (Å²) < 4.78 is 75.7. The Morgan fingerprint density at radius 1 is 1.06 bits per heavy atom. The van der Waals surface area contributed by atoms with Crippen molar-refractivity contribution in [3.8, 4) is 11.9 Å². The van der Waals surface area contributed by atoms with E-state index in [1.807, 2.05) is 55.4 Å². The molecule has 3 aliphatic rings. The number of H-pyrrole nitrogens is 1. The van der Waals surface area contributed by atoms with Crippen LogP contribution in [0.15, 0.2) is 35.6 Å². The molecule has 1 saturated carbocycles. The van der Waals surface area contributed by atoms with E-state index in [2.05, 4.69) is 43.6 Å². The number of carbonyl (C=O) groups excluding carboxylic acids is 1. The number of aromatic amines is 1. The van der Waals surface area contributed by atoms with Gasteiger partial charge in [-0.05, 0) is 46.5 Å². The topological polar surface area (TPSA) is 250 Å². The lowest BCUT2D eigenvalue weighted by molar-refractivity contribution is -0.118. The molecule has 3 aromatic rings. The molecule has 20 nitrogen and oxygen atoms in total. The van der Waals surface area contributed by atoms with Gasteiger partial charge in [-0.3, -0.25) is 33.5 Å². The van der Waals surface area contributed by atoms with E-state index in [9.17, 15) is 24.2 Å². The van der Waals surface area contributed by atoms with Gasteiger partial charge in [0.05, 0.1) is 43.8 Å². The lowest BCUT2D eigenvalue weighted by Gasteiger charge is -2.47. The lowest BCUT2D eigenvalue weighted by Crippen LogP contribution is -2.62. The van der Waals surface area contributed by atoms with E-state index < -0.39 is 91.4 Å². The molecule has 2 aliphatic heterocycles. The molecule has 1 aliphatic carbocycles. The summed E-state index contributed by atoms with van der Waals surface area (Å²) in [6.45, 7) is 10.2. The van der Waals surface area contributed by atoms with E-state index in [-0.39, 0.29) is 71.1 Å². The van der Waals surface area contributed by atoms with Crippen LogP contribution in [-0.2, 0) is 57.1 Å². The highest BCUT2D eigenvalue weighted by Gasteiger charge is 2.60. The molecule has 2 saturated heterocycles. The van der Waals surface area contributed by atoms with Crippen molar-refractivity contribution in [3.05, 3.63) is 41.2 Å². The van der Waals surface area contributed by atoms with Crippen molar-refractivity contribution in [1.82, 2.24) is 24.5 Å². The summed E-state index contributed by atoms with van der Waals surface area (Å²) in [6.07, 6.45) is -0.945. The first-order chi connectivity index (χ1) is 31.0. The minimum absolute atomic E-state index is 0.0447. The predicted molar refractivity (Wildman–Crippen MR) is 256 cm³/mol. The maximum atomic E-state index is 14.4. The molecule has 366 valence electrons. The minimum atomic E-state index is -4.21. The van der Waals surface area contributed by atoms with Crippen LogP contribution in [0.2, 0.25) is 22.2 Å². The van der Waals surface area contributed by atoms with Crippen LogP contribution >= 0.6 is 25.8 Å². The van der Waals surface area contributed by atoms with E-state index >= 15 is 0 Å². The maximum Gasteiger partial charge on any atom is 0.386 e. The zero-order valence-corrected chi connectivity index (χ0v) is 44.4. The highest BCUT2D eigenvalue weighted by atomic mass is 32.7. The number of carbonyl (C=O) groups is 1. The standard InChI is InChI=1S/C40H63N7O13P2S2Si2/c1-23(2)37(48)45-40-44-36-30(38(49)46-40)13-16-47(36)39-35-34(59-66(26(7)8,27(9)10)60-65(51,24(3)4)25(5)6)32(56-39)21-53-61(50,63)57-31-19-29(55-33-12-15-42-22-43-33)18-28(31)20-54-62(64,58-35)52-17-11-14-41/h12-13,15-16,22-29,31-32,34-35,39,51H,11,17-21H2,1-10H3,(H,50,63)(H2,44,45,46,48,49)/t28-,29-,31+,32-,34-,35-,39-,61-,62+/m1/s1. The van der Waals surface area contributed by atoms with Gasteiger partial charge in [-0.1, -0.05) is 81.5 Å². The summed E-state index contributed by atoms with van der Waals surface area (Å²) in [5, 5.41) is 12.4. The van der Waals surface area contributed by atoms with Crippen molar-refractivity contribution in [2.75, 3.05) is 25.1 Å². The zero-order chi connectivity index (χ0) is 48.4. The molecule has 3 N–H and O–H groups in total. The Kier molecular flexibility index (Phi) is 17.4. The van der Waals surface area contributed by atoms with Gasteiger partial charge >= 0.3 is 30.6 Å². The van der Waals surface area contributed by atoms with Crippen LogP contribution < -0.4 is 15.6 Å². The molecule has 5 heterocycles. The number of nitriles is 1. The first kappa shape index (κ1) is 52.9. The number of nitrogens with one attached hydrogen (secondary N) is 2. The summed E-state index contributed by atoms with van der Waals surface area (Å²) >= 11 is 10.7. The normalized spacial score (nSPS) is 28.9. The van der Waals surface area contributed by atoms with Gasteiger partial charge in [-0.15, -0.1) is 0 Å².